The summed E-state index contributed by atoms with van der Waals surface area (Å²) < 4.78 is 0. The van der Waals surface area contributed by atoms with Crippen LogP contribution >= 0.6 is 11.6 Å². The summed E-state index contributed by atoms with van der Waals surface area (Å²) in [7, 11) is 0. The summed E-state index contributed by atoms with van der Waals surface area (Å²) in [6.07, 6.45) is 1.53. The first-order valence-electron chi connectivity index (χ1n) is 4.77. The fraction of sp³-hybridized carbons (Fsp3) is 0. The Bertz CT molecular complexity index is 627. The molecule has 2 rings (SSSR count). The number of nitrogens with zero attached hydrogens (tertiary/aromatic N) is 1. The van der Waals surface area contributed by atoms with Crippen LogP contribution < -0.4 is 11.2 Å². The van der Waals surface area contributed by atoms with Gasteiger partial charge >= 0.3 is 5.69 Å². The van der Waals surface area contributed by atoms with Gasteiger partial charge in [0.1, 0.15) is 5.82 Å². The van der Waals surface area contributed by atoms with Crippen LogP contribution in [0.3, 0.4) is 0 Å². The third kappa shape index (κ3) is 3.15. The van der Waals surface area contributed by atoms with Crippen molar-refractivity contribution in [2.24, 2.45) is 4.99 Å². The number of rotatable bonds is 2. The highest BCUT2D eigenvalue weighted by molar-refractivity contribution is 6.30. The van der Waals surface area contributed by atoms with E-state index in [4.69, 9.17) is 11.6 Å². The average molecular weight is 250 g/mol. The molecule has 0 atom stereocenters. The first-order chi connectivity index (χ1) is 8.13. The van der Waals surface area contributed by atoms with Crippen LogP contribution in [-0.2, 0) is 0 Å². The average Bonchev–Trinajstić information content (AvgIpc) is 2.27. The number of H-pyrrole nitrogens is 2. The Morgan fingerprint density at radius 3 is 2.47 bits per heavy atom. The van der Waals surface area contributed by atoms with E-state index < -0.39 is 11.2 Å². The summed E-state index contributed by atoms with van der Waals surface area (Å²) in [5.74, 6) is 0.203. The molecule has 17 heavy (non-hydrogen) atoms. The lowest BCUT2D eigenvalue weighted by Gasteiger charge is -1.94. The summed E-state index contributed by atoms with van der Waals surface area (Å²) in [6, 6.07) is 8.20. The predicted octanol–water partition coefficient (Wildman–Crippen LogP) is 1.47. The van der Waals surface area contributed by atoms with E-state index in [1.165, 1.54) is 12.3 Å². The number of hydrogen-bond donors (Lipinski definition) is 2. The molecule has 0 fully saturated rings. The molecule has 0 aliphatic heterocycles. The molecular weight excluding hydrogens is 242 g/mol. The molecule has 1 aromatic carbocycles. The SMILES string of the molecule is O=c1cc(N=Cc2ccc(Cl)cc2)[nH]c(=O)[nH]1. The van der Waals surface area contributed by atoms with Gasteiger partial charge < -0.3 is 0 Å². The van der Waals surface area contributed by atoms with Crippen LogP contribution in [0.25, 0.3) is 0 Å². The van der Waals surface area contributed by atoms with Crippen LogP contribution in [0, 0.1) is 0 Å². The lowest BCUT2D eigenvalue weighted by atomic mass is 10.2. The quantitative estimate of drug-likeness (QED) is 0.791. The zero-order chi connectivity index (χ0) is 12.3. The first-order valence-corrected chi connectivity index (χ1v) is 5.14. The van der Waals surface area contributed by atoms with Crippen LogP contribution in [0.2, 0.25) is 5.02 Å². The normalized spacial score (nSPS) is 10.9. The van der Waals surface area contributed by atoms with Crippen molar-refractivity contribution in [2.45, 2.75) is 0 Å². The van der Waals surface area contributed by atoms with E-state index in [1.54, 1.807) is 24.3 Å². The van der Waals surface area contributed by atoms with Gasteiger partial charge in [-0.3, -0.25) is 14.8 Å². The number of hydrogen-bond acceptors (Lipinski definition) is 3. The topological polar surface area (TPSA) is 78.1 Å². The molecule has 0 spiro atoms. The third-order valence-electron chi connectivity index (χ3n) is 1.97. The molecule has 5 nitrogen and oxygen atoms in total. The highest BCUT2D eigenvalue weighted by atomic mass is 35.5. The van der Waals surface area contributed by atoms with Crippen LogP contribution in [0.4, 0.5) is 5.82 Å². The van der Waals surface area contributed by atoms with Crippen molar-refractivity contribution in [2.75, 3.05) is 0 Å². The lowest BCUT2D eigenvalue weighted by molar-refractivity contribution is 1.03. The lowest BCUT2D eigenvalue weighted by Crippen LogP contribution is -2.20. The number of halogens is 1. The molecule has 0 amide bonds. The van der Waals surface area contributed by atoms with Gasteiger partial charge in [-0.1, -0.05) is 23.7 Å². The van der Waals surface area contributed by atoms with Crippen LogP contribution in [-0.4, -0.2) is 16.2 Å². The number of aromatic nitrogens is 2. The molecule has 0 aliphatic carbocycles. The summed E-state index contributed by atoms with van der Waals surface area (Å²) in [5, 5.41) is 0.631. The summed E-state index contributed by atoms with van der Waals surface area (Å²) >= 11 is 5.73. The molecule has 0 saturated heterocycles. The zero-order valence-electron chi connectivity index (χ0n) is 8.61. The van der Waals surface area contributed by atoms with E-state index >= 15 is 0 Å². The second kappa shape index (κ2) is 4.80. The minimum atomic E-state index is -0.583. The number of benzene rings is 1. The van der Waals surface area contributed by atoms with Gasteiger partial charge in [-0.2, -0.15) is 0 Å². The highest BCUT2D eigenvalue weighted by Crippen LogP contribution is 2.08. The highest BCUT2D eigenvalue weighted by Gasteiger charge is 1.93. The number of aromatic amines is 2. The maximum Gasteiger partial charge on any atom is 0.327 e. The standard InChI is InChI=1S/C11H8ClN3O2/c12-8-3-1-7(2-4-8)6-13-9-5-10(16)15-11(17)14-9/h1-6H,(H2,14,15,16,17). The monoisotopic (exact) mass is 249 g/mol. The van der Waals surface area contributed by atoms with Crippen LogP contribution in [0.1, 0.15) is 5.56 Å². The van der Waals surface area contributed by atoms with E-state index in [-0.39, 0.29) is 5.82 Å². The maximum atomic E-state index is 11.0. The van der Waals surface area contributed by atoms with Crippen molar-refractivity contribution in [1.29, 1.82) is 0 Å². The third-order valence-corrected chi connectivity index (χ3v) is 2.22. The summed E-state index contributed by atoms with van der Waals surface area (Å²) in [6.45, 7) is 0. The molecule has 2 aromatic rings. The van der Waals surface area contributed by atoms with Gasteiger partial charge in [-0.05, 0) is 17.7 Å². The molecule has 0 radical (unpaired) electrons. The van der Waals surface area contributed by atoms with Crippen molar-refractivity contribution in [3.8, 4) is 0 Å². The van der Waals surface area contributed by atoms with Crippen LogP contribution in [0.15, 0.2) is 44.9 Å². The van der Waals surface area contributed by atoms with Gasteiger partial charge in [0, 0.05) is 17.3 Å². The van der Waals surface area contributed by atoms with Gasteiger partial charge in [0.25, 0.3) is 5.56 Å². The van der Waals surface area contributed by atoms with E-state index in [0.29, 0.717) is 5.02 Å². The second-order valence-corrected chi connectivity index (χ2v) is 3.72. The second-order valence-electron chi connectivity index (χ2n) is 3.28. The predicted molar refractivity (Wildman–Crippen MR) is 66.4 cm³/mol. The fourth-order valence-electron chi connectivity index (χ4n) is 1.22. The van der Waals surface area contributed by atoms with Crippen molar-refractivity contribution in [1.82, 2.24) is 9.97 Å². The smallest absolute Gasteiger partial charge is 0.292 e. The molecule has 86 valence electrons. The molecule has 2 N–H and O–H groups in total. The molecule has 0 unspecified atom stereocenters. The van der Waals surface area contributed by atoms with E-state index in [9.17, 15) is 9.59 Å². The molecule has 0 saturated carbocycles. The van der Waals surface area contributed by atoms with Crippen molar-refractivity contribution in [3.05, 3.63) is 61.8 Å². The van der Waals surface area contributed by atoms with Crippen molar-refractivity contribution < 1.29 is 0 Å². The molecule has 0 bridgehead atoms. The van der Waals surface area contributed by atoms with Crippen molar-refractivity contribution >= 4 is 23.6 Å². The van der Waals surface area contributed by atoms with Gasteiger partial charge in [0.2, 0.25) is 0 Å². The van der Waals surface area contributed by atoms with E-state index in [1.807, 2.05) is 0 Å². The largest absolute Gasteiger partial charge is 0.327 e. The van der Waals surface area contributed by atoms with Crippen molar-refractivity contribution in [3.63, 3.8) is 0 Å². The van der Waals surface area contributed by atoms with Gasteiger partial charge in [0.05, 0.1) is 0 Å². The molecular formula is C11H8ClN3O2. The Morgan fingerprint density at radius 1 is 1.12 bits per heavy atom. The zero-order valence-corrected chi connectivity index (χ0v) is 9.36. The number of nitrogens with one attached hydrogen (secondary N) is 2. The Morgan fingerprint density at radius 2 is 1.82 bits per heavy atom. The minimum absolute atomic E-state index is 0.203. The summed E-state index contributed by atoms with van der Waals surface area (Å²) in [5.41, 5.74) is -0.256. The summed E-state index contributed by atoms with van der Waals surface area (Å²) in [4.78, 5) is 30.4. The minimum Gasteiger partial charge on any atom is -0.292 e. The molecule has 6 heteroatoms. The van der Waals surface area contributed by atoms with E-state index in [0.717, 1.165) is 5.56 Å². The molecule has 0 aliphatic rings. The molecule has 1 aromatic heterocycles. The molecule has 1 heterocycles. The number of aliphatic imine (C=N–C) groups is 1. The maximum absolute atomic E-state index is 11.0. The Kier molecular flexibility index (Phi) is 3.20. The van der Waals surface area contributed by atoms with Gasteiger partial charge in [0.15, 0.2) is 0 Å². The Labute approximate surface area is 101 Å². The van der Waals surface area contributed by atoms with Crippen LogP contribution in [0.5, 0.6) is 0 Å². The van der Waals surface area contributed by atoms with Gasteiger partial charge in [-0.15, -0.1) is 0 Å². The Hall–Kier alpha value is -2.14. The van der Waals surface area contributed by atoms with E-state index in [2.05, 4.69) is 15.0 Å². The first kappa shape index (κ1) is 11.3. The Balaban J connectivity index is 2.28. The fourth-order valence-corrected chi connectivity index (χ4v) is 1.34. The van der Waals surface area contributed by atoms with Gasteiger partial charge in [-0.25, -0.2) is 9.79 Å².